The summed E-state index contributed by atoms with van der Waals surface area (Å²) in [5.41, 5.74) is 10.6. The van der Waals surface area contributed by atoms with Gasteiger partial charge in [-0.2, -0.15) is 0 Å². The zero-order chi connectivity index (χ0) is 14.7. The molecule has 0 aliphatic heterocycles. The fourth-order valence-electron chi connectivity index (χ4n) is 2.09. The van der Waals surface area contributed by atoms with Crippen LogP contribution in [0.2, 0.25) is 0 Å². The summed E-state index contributed by atoms with van der Waals surface area (Å²) in [5, 5.41) is 2.94. The lowest BCUT2D eigenvalue weighted by Crippen LogP contribution is -2.16. The van der Waals surface area contributed by atoms with Crippen LogP contribution in [0.1, 0.15) is 40.0 Å². The van der Waals surface area contributed by atoms with E-state index in [1.807, 2.05) is 63.2 Å². The molecule has 2 aromatic carbocycles. The molecule has 1 amide bonds. The minimum Gasteiger partial charge on any atom is -0.324 e. The maximum Gasteiger partial charge on any atom is 0.255 e. The first-order valence-corrected chi connectivity index (χ1v) is 6.72. The van der Waals surface area contributed by atoms with Gasteiger partial charge in [-0.05, 0) is 55.7 Å². The van der Waals surface area contributed by atoms with Gasteiger partial charge in [-0.15, -0.1) is 0 Å². The van der Waals surface area contributed by atoms with Crippen LogP contribution >= 0.6 is 0 Å². The molecule has 2 rings (SSSR count). The van der Waals surface area contributed by atoms with E-state index in [1.165, 1.54) is 5.56 Å². The number of nitrogens with one attached hydrogen (secondary N) is 1. The molecule has 0 saturated carbocycles. The summed E-state index contributed by atoms with van der Waals surface area (Å²) in [5.74, 6) is -0.110. The molecule has 0 saturated heterocycles. The number of nitrogens with two attached hydrogens (primary N) is 1. The summed E-state index contributed by atoms with van der Waals surface area (Å²) in [6.45, 7) is 5.94. The smallest absolute Gasteiger partial charge is 0.255 e. The lowest BCUT2D eigenvalue weighted by atomic mass is 10.0. The standard InChI is InChI=1S/C17H20N2O/c1-11-8-9-14(10-12(11)2)17(20)19-16-7-5-4-6-15(16)13(3)18/h4-10,13H,18H2,1-3H3,(H,19,20). The van der Waals surface area contributed by atoms with Crippen LogP contribution in [0.25, 0.3) is 0 Å². The van der Waals surface area contributed by atoms with Crippen LogP contribution in [0.5, 0.6) is 0 Å². The molecule has 0 aliphatic carbocycles. The summed E-state index contributed by atoms with van der Waals surface area (Å²) in [7, 11) is 0. The average molecular weight is 268 g/mol. The number of aryl methyl sites for hydroxylation is 2. The third-order valence-corrected chi connectivity index (χ3v) is 3.47. The molecule has 3 heteroatoms. The normalized spacial score (nSPS) is 12.0. The van der Waals surface area contributed by atoms with Crippen molar-refractivity contribution in [3.8, 4) is 0 Å². The molecular formula is C17H20N2O. The van der Waals surface area contributed by atoms with Crippen LogP contribution < -0.4 is 11.1 Å². The van der Waals surface area contributed by atoms with Gasteiger partial charge in [-0.3, -0.25) is 4.79 Å². The van der Waals surface area contributed by atoms with E-state index in [-0.39, 0.29) is 11.9 Å². The van der Waals surface area contributed by atoms with Gasteiger partial charge >= 0.3 is 0 Å². The van der Waals surface area contributed by atoms with E-state index in [0.717, 1.165) is 16.8 Å². The van der Waals surface area contributed by atoms with Gasteiger partial charge in [0.05, 0.1) is 0 Å². The topological polar surface area (TPSA) is 55.1 Å². The summed E-state index contributed by atoms with van der Waals surface area (Å²) in [4.78, 5) is 12.3. The number of hydrogen-bond acceptors (Lipinski definition) is 2. The van der Waals surface area contributed by atoms with Gasteiger partial charge < -0.3 is 11.1 Å². The fourth-order valence-corrected chi connectivity index (χ4v) is 2.09. The molecule has 0 spiro atoms. The number of hydrogen-bond donors (Lipinski definition) is 2. The Balaban J connectivity index is 2.26. The van der Waals surface area contributed by atoms with E-state index in [0.29, 0.717) is 5.56 Å². The minimum absolute atomic E-state index is 0.110. The summed E-state index contributed by atoms with van der Waals surface area (Å²) >= 11 is 0. The molecular weight excluding hydrogens is 248 g/mol. The van der Waals surface area contributed by atoms with Crippen LogP contribution in [0.15, 0.2) is 42.5 Å². The predicted octanol–water partition coefficient (Wildman–Crippen LogP) is 3.58. The Morgan fingerprint density at radius 3 is 2.45 bits per heavy atom. The first-order chi connectivity index (χ1) is 9.49. The SMILES string of the molecule is Cc1ccc(C(=O)Nc2ccccc2C(C)N)cc1C. The first kappa shape index (κ1) is 14.3. The van der Waals surface area contributed by atoms with E-state index >= 15 is 0 Å². The lowest BCUT2D eigenvalue weighted by Gasteiger charge is -2.14. The summed E-state index contributed by atoms with van der Waals surface area (Å²) in [6, 6.07) is 13.2. The van der Waals surface area contributed by atoms with Crippen molar-refractivity contribution in [3.05, 3.63) is 64.7 Å². The quantitative estimate of drug-likeness (QED) is 0.894. The zero-order valence-corrected chi connectivity index (χ0v) is 12.1. The number of para-hydroxylation sites is 1. The van der Waals surface area contributed by atoms with Gasteiger partial charge in [0.25, 0.3) is 5.91 Å². The van der Waals surface area contributed by atoms with E-state index in [1.54, 1.807) is 0 Å². The summed E-state index contributed by atoms with van der Waals surface area (Å²) in [6.07, 6.45) is 0. The van der Waals surface area contributed by atoms with Crippen LogP contribution in [0.3, 0.4) is 0 Å². The number of amides is 1. The molecule has 2 aromatic rings. The Morgan fingerprint density at radius 1 is 1.10 bits per heavy atom. The monoisotopic (exact) mass is 268 g/mol. The van der Waals surface area contributed by atoms with E-state index in [2.05, 4.69) is 5.32 Å². The summed E-state index contributed by atoms with van der Waals surface area (Å²) < 4.78 is 0. The molecule has 104 valence electrons. The number of carbonyl (C=O) groups excluding carboxylic acids is 1. The molecule has 0 fully saturated rings. The molecule has 20 heavy (non-hydrogen) atoms. The highest BCUT2D eigenvalue weighted by atomic mass is 16.1. The van der Waals surface area contributed by atoms with E-state index < -0.39 is 0 Å². The number of carbonyl (C=O) groups is 1. The predicted molar refractivity (Wildman–Crippen MR) is 82.9 cm³/mol. The molecule has 0 aliphatic rings. The second-order valence-corrected chi connectivity index (χ2v) is 5.13. The Morgan fingerprint density at radius 2 is 1.80 bits per heavy atom. The molecule has 0 radical (unpaired) electrons. The van der Waals surface area contributed by atoms with E-state index in [4.69, 9.17) is 5.73 Å². The largest absolute Gasteiger partial charge is 0.324 e. The van der Waals surface area contributed by atoms with Crippen molar-refractivity contribution in [1.29, 1.82) is 0 Å². The van der Waals surface area contributed by atoms with Crippen molar-refractivity contribution in [3.63, 3.8) is 0 Å². The lowest BCUT2D eigenvalue weighted by molar-refractivity contribution is 0.102. The maximum absolute atomic E-state index is 12.3. The molecule has 3 nitrogen and oxygen atoms in total. The molecule has 0 aromatic heterocycles. The molecule has 0 bridgehead atoms. The third-order valence-electron chi connectivity index (χ3n) is 3.47. The average Bonchev–Trinajstić information content (AvgIpc) is 2.42. The Kier molecular flexibility index (Phi) is 4.20. The Bertz CT molecular complexity index is 633. The van der Waals surface area contributed by atoms with Gasteiger partial charge in [-0.1, -0.05) is 24.3 Å². The highest BCUT2D eigenvalue weighted by Crippen LogP contribution is 2.21. The van der Waals surface area contributed by atoms with Crippen LogP contribution in [-0.2, 0) is 0 Å². The van der Waals surface area contributed by atoms with Crippen molar-refractivity contribution in [2.24, 2.45) is 5.73 Å². The van der Waals surface area contributed by atoms with Crippen molar-refractivity contribution >= 4 is 11.6 Å². The van der Waals surface area contributed by atoms with Gasteiger partial charge in [-0.25, -0.2) is 0 Å². The van der Waals surface area contributed by atoms with Gasteiger partial charge in [0.1, 0.15) is 0 Å². The highest BCUT2D eigenvalue weighted by molar-refractivity contribution is 6.04. The van der Waals surface area contributed by atoms with Gasteiger partial charge in [0.15, 0.2) is 0 Å². The van der Waals surface area contributed by atoms with Crippen LogP contribution in [-0.4, -0.2) is 5.91 Å². The number of anilines is 1. The zero-order valence-electron chi connectivity index (χ0n) is 12.1. The first-order valence-electron chi connectivity index (χ1n) is 6.72. The van der Waals surface area contributed by atoms with Gasteiger partial charge in [0, 0.05) is 17.3 Å². The number of benzene rings is 2. The van der Waals surface area contributed by atoms with Crippen molar-refractivity contribution in [1.82, 2.24) is 0 Å². The molecule has 0 heterocycles. The van der Waals surface area contributed by atoms with Crippen LogP contribution in [0, 0.1) is 13.8 Å². The third kappa shape index (κ3) is 3.06. The Labute approximate surface area is 119 Å². The van der Waals surface area contributed by atoms with Crippen molar-refractivity contribution < 1.29 is 4.79 Å². The highest BCUT2D eigenvalue weighted by Gasteiger charge is 2.11. The van der Waals surface area contributed by atoms with Crippen molar-refractivity contribution in [2.45, 2.75) is 26.8 Å². The number of rotatable bonds is 3. The fraction of sp³-hybridized carbons (Fsp3) is 0.235. The molecule has 1 atom stereocenters. The molecule has 1 unspecified atom stereocenters. The molecule has 3 N–H and O–H groups in total. The maximum atomic E-state index is 12.3. The minimum atomic E-state index is -0.119. The Hall–Kier alpha value is -2.13. The second-order valence-electron chi connectivity index (χ2n) is 5.13. The van der Waals surface area contributed by atoms with E-state index in [9.17, 15) is 4.79 Å². The van der Waals surface area contributed by atoms with Crippen LogP contribution in [0.4, 0.5) is 5.69 Å². The second kappa shape index (κ2) is 5.88. The van der Waals surface area contributed by atoms with Gasteiger partial charge in [0.2, 0.25) is 0 Å². The van der Waals surface area contributed by atoms with Crippen molar-refractivity contribution in [2.75, 3.05) is 5.32 Å².